The Morgan fingerprint density at radius 3 is 2.62 bits per heavy atom. The summed E-state index contributed by atoms with van der Waals surface area (Å²) < 4.78 is 12.8. The molecule has 0 atom stereocenters. The van der Waals surface area contributed by atoms with Gasteiger partial charge in [0.15, 0.2) is 5.43 Å². The highest BCUT2D eigenvalue weighted by Gasteiger charge is 2.43. The van der Waals surface area contributed by atoms with Crippen LogP contribution < -0.4 is 10.2 Å². The lowest BCUT2D eigenvalue weighted by molar-refractivity contribution is 0.0691. The van der Waals surface area contributed by atoms with Crippen molar-refractivity contribution >= 4 is 5.97 Å². The molecule has 1 aromatic carbocycles. The van der Waals surface area contributed by atoms with Gasteiger partial charge in [0, 0.05) is 37.1 Å². The molecule has 6 nitrogen and oxygen atoms in total. The number of aryl methyl sites for hydroxylation is 1. The zero-order valence-corrected chi connectivity index (χ0v) is 17.0. The smallest absolute Gasteiger partial charge is 0.341 e. The standard InChI is InChI=1S/C23H27NO5/c1-28-9-4-3-6-15-10-16-13-23(7-5-8-23)24-14-18(22(26)27)20(25)12-19(24)17(16)11-21(15)29-2/h10-12,14H,3-9,13H2,1-2H3,(H,26,27). The van der Waals surface area contributed by atoms with Crippen molar-refractivity contribution in [2.45, 2.75) is 50.5 Å². The summed E-state index contributed by atoms with van der Waals surface area (Å²) in [7, 11) is 3.38. The van der Waals surface area contributed by atoms with Gasteiger partial charge in [-0.3, -0.25) is 4.79 Å². The van der Waals surface area contributed by atoms with Crippen LogP contribution in [0.15, 0.2) is 29.2 Å². The molecule has 2 heterocycles. The quantitative estimate of drug-likeness (QED) is 0.722. The number of hydrogen-bond donors (Lipinski definition) is 1. The van der Waals surface area contributed by atoms with Gasteiger partial charge in [0.25, 0.3) is 0 Å². The van der Waals surface area contributed by atoms with Gasteiger partial charge in [0.2, 0.25) is 0 Å². The Morgan fingerprint density at radius 2 is 2.00 bits per heavy atom. The molecule has 0 amide bonds. The molecule has 6 heteroatoms. The summed E-state index contributed by atoms with van der Waals surface area (Å²) in [6.45, 7) is 0.749. The summed E-state index contributed by atoms with van der Waals surface area (Å²) in [5.41, 5.74) is 3.42. The molecule has 1 spiro atoms. The SMILES string of the molecule is COCCCCc1cc2c(cc1OC)-c1cc(=O)c(C(=O)O)cn1C1(CCC1)C2. The molecule has 1 aliphatic heterocycles. The maximum absolute atomic E-state index is 12.4. The van der Waals surface area contributed by atoms with E-state index in [2.05, 4.69) is 6.07 Å². The van der Waals surface area contributed by atoms with Gasteiger partial charge >= 0.3 is 5.97 Å². The first-order chi connectivity index (χ1) is 14.0. The third kappa shape index (κ3) is 3.35. The molecule has 1 saturated carbocycles. The van der Waals surface area contributed by atoms with E-state index in [1.807, 2.05) is 10.6 Å². The minimum absolute atomic E-state index is 0.123. The maximum atomic E-state index is 12.4. The average Bonchev–Trinajstić information content (AvgIpc) is 2.68. The Bertz CT molecular complexity index is 1000. The zero-order chi connectivity index (χ0) is 20.6. The first kappa shape index (κ1) is 19.7. The minimum Gasteiger partial charge on any atom is -0.496 e. The highest BCUT2D eigenvalue weighted by molar-refractivity contribution is 5.88. The number of benzene rings is 1. The van der Waals surface area contributed by atoms with Gasteiger partial charge in [-0.1, -0.05) is 6.07 Å². The number of ether oxygens (including phenoxy) is 2. The van der Waals surface area contributed by atoms with E-state index in [4.69, 9.17) is 9.47 Å². The van der Waals surface area contributed by atoms with Gasteiger partial charge in [-0.2, -0.15) is 0 Å². The van der Waals surface area contributed by atoms with E-state index in [-0.39, 0.29) is 11.1 Å². The van der Waals surface area contributed by atoms with E-state index in [0.717, 1.165) is 68.6 Å². The average molecular weight is 397 g/mol. The minimum atomic E-state index is -1.17. The van der Waals surface area contributed by atoms with E-state index in [1.165, 1.54) is 17.2 Å². The molecular weight excluding hydrogens is 370 g/mol. The number of carbonyl (C=O) groups is 1. The van der Waals surface area contributed by atoms with Crippen LogP contribution in [0.4, 0.5) is 0 Å². The van der Waals surface area contributed by atoms with Crippen LogP contribution in [0.3, 0.4) is 0 Å². The van der Waals surface area contributed by atoms with Crippen LogP contribution in [0.25, 0.3) is 11.3 Å². The lowest BCUT2D eigenvalue weighted by atomic mass is 9.69. The normalized spacial score (nSPS) is 16.1. The molecule has 1 fully saturated rings. The van der Waals surface area contributed by atoms with Crippen molar-refractivity contribution < 1.29 is 19.4 Å². The zero-order valence-electron chi connectivity index (χ0n) is 17.0. The second kappa shape index (κ2) is 7.67. The largest absolute Gasteiger partial charge is 0.496 e. The molecule has 1 N–H and O–H groups in total. The van der Waals surface area contributed by atoms with Crippen LogP contribution >= 0.6 is 0 Å². The number of pyridine rings is 1. The summed E-state index contributed by atoms with van der Waals surface area (Å²) in [5.74, 6) is -0.360. The van der Waals surface area contributed by atoms with Crippen LogP contribution in [0.1, 0.15) is 53.6 Å². The van der Waals surface area contributed by atoms with E-state index in [1.54, 1.807) is 20.4 Å². The molecule has 4 rings (SSSR count). The summed E-state index contributed by atoms with van der Waals surface area (Å²) >= 11 is 0. The highest BCUT2D eigenvalue weighted by atomic mass is 16.5. The van der Waals surface area contributed by atoms with E-state index in [0.29, 0.717) is 0 Å². The fourth-order valence-corrected chi connectivity index (χ4v) is 4.74. The van der Waals surface area contributed by atoms with Gasteiger partial charge < -0.3 is 19.1 Å². The topological polar surface area (TPSA) is 77.8 Å². The number of fused-ring (bicyclic) bond motifs is 4. The maximum Gasteiger partial charge on any atom is 0.341 e. The van der Waals surface area contributed by atoms with Gasteiger partial charge in [-0.15, -0.1) is 0 Å². The monoisotopic (exact) mass is 397 g/mol. The van der Waals surface area contributed by atoms with Crippen molar-refractivity contribution in [3.05, 3.63) is 51.3 Å². The molecular formula is C23H27NO5. The van der Waals surface area contributed by atoms with E-state index in [9.17, 15) is 14.7 Å². The molecule has 0 radical (unpaired) electrons. The number of hydrogen-bond acceptors (Lipinski definition) is 4. The van der Waals surface area contributed by atoms with Crippen LogP contribution in [0.5, 0.6) is 5.75 Å². The Labute approximate surface area is 170 Å². The van der Waals surface area contributed by atoms with E-state index >= 15 is 0 Å². The molecule has 2 aromatic rings. The van der Waals surface area contributed by atoms with Crippen molar-refractivity contribution in [1.82, 2.24) is 4.57 Å². The molecule has 1 aromatic heterocycles. The third-order valence-corrected chi connectivity index (χ3v) is 6.42. The summed E-state index contributed by atoms with van der Waals surface area (Å²) in [6.07, 6.45) is 8.44. The number of rotatable bonds is 7. The fraction of sp³-hybridized carbons (Fsp3) is 0.478. The molecule has 154 valence electrons. The molecule has 1 aliphatic carbocycles. The molecule has 0 saturated heterocycles. The van der Waals surface area contributed by atoms with Gasteiger partial charge in [0.1, 0.15) is 11.3 Å². The fourth-order valence-electron chi connectivity index (χ4n) is 4.74. The number of unbranched alkanes of at least 4 members (excludes halogenated alkanes) is 1. The second-order valence-corrected chi connectivity index (χ2v) is 8.14. The van der Waals surface area contributed by atoms with Crippen molar-refractivity contribution in [3.63, 3.8) is 0 Å². The molecule has 0 unspecified atom stereocenters. The van der Waals surface area contributed by atoms with Crippen LogP contribution in [0.2, 0.25) is 0 Å². The Hall–Kier alpha value is -2.60. The number of aromatic nitrogens is 1. The van der Waals surface area contributed by atoms with Gasteiger partial charge in [-0.25, -0.2) is 4.79 Å². The number of nitrogens with zero attached hydrogens (tertiary/aromatic N) is 1. The van der Waals surface area contributed by atoms with Crippen molar-refractivity contribution in [3.8, 4) is 17.0 Å². The Kier molecular flexibility index (Phi) is 5.21. The summed E-state index contributed by atoms with van der Waals surface area (Å²) in [6, 6.07) is 5.72. The molecule has 0 bridgehead atoms. The Morgan fingerprint density at radius 1 is 1.21 bits per heavy atom. The number of aromatic carboxylic acids is 1. The van der Waals surface area contributed by atoms with E-state index < -0.39 is 11.4 Å². The second-order valence-electron chi connectivity index (χ2n) is 8.14. The van der Waals surface area contributed by atoms with Crippen LogP contribution in [0, 0.1) is 0 Å². The number of carboxylic acid groups (broad SMARTS) is 1. The van der Waals surface area contributed by atoms with Crippen LogP contribution in [-0.2, 0) is 23.1 Å². The summed E-state index contributed by atoms with van der Waals surface area (Å²) in [4.78, 5) is 24.0. The predicted octanol–water partition coefficient (Wildman–Crippen LogP) is 3.63. The van der Waals surface area contributed by atoms with Crippen molar-refractivity contribution in [1.29, 1.82) is 0 Å². The third-order valence-electron chi connectivity index (χ3n) is 6.42. The first-order valence-corrected chi connectivity index (χ1v) is 10.2. The number of methoxy groups -OCH3 is 2. The lowest BCUT2D eigenvalue weighted by Gasteiger charge is -2.49. The highest BCUT2D eigenvalue weighted by Crippen LogP contribution is 2.49. The molecule has 2 aliphatic rings. The van der Waals surface area contributed by atoms with Crippen molar-refractivity contribution in [2.75, 3.05) is 20.8 Å². The number of carboxylic acids is 1. The lowest BCUT2D eigenvalue weighted by Crippen LogP contribution is -2.46. The van der Waals surface area contributed by atoms with Gasteiger partial charge in [-0.05, 0) is 62.1 Å². The predicted molar refractivity (Wildman–Crippen MR) is 110 cm³/mol. The van der Waals surface area contributed by atoms with Crippen LogP contribution in [-0.4, -0.2) is 36.5 Å². The molecule has 29 heavy (non-hydrogen) atoms. The Balaban J connectivity index is 1.81. The summed E-state index contributed by atoms with van der Waals surface area (Å²) in [5, 5.41) is 9.42. The van der Waals surface area contributed by atoms with Crippen molar-refractivity contribution in [2.24, 2.45) is 0 Å². The first-order valence-electron chi connectivity index (χ1n) is 10.2. The van der Waals surface area contributed by atoms with Gasteiger partial charge in [0.05, 0.1) is 12.8 Å².